The van der Waals surface area contributed by atoms with E-state index in [2.05, 4.69) is 15.3 Å². The van der Waals surface area contributed by atoms with Gasteiger partial charge in [0.25, 0.3) is 5.91 Å². The lowest BCUT2D eigenvalue weighted by Gasteiger charge is -2.10. The third-order valence-corrected chi connectivity index (χ3v) is 1.89. The maximum atomic E-state index is 11.5. The van der Waals surface area contributed by atoms with Crippen LogP contribution >= 0.6 is 0 Å². The number of hydrogen-bond donors (Lipinski definition) is 1. The summed E-state index contributed by atoms with van der Waals surface area (Å²) in [5.41, 5.74) is 0.499. The molecule has 0 aliphatic carbocycles. The van der Waals surface area contributed by atoms with Crippen LogP contribution in [-0.4, -0.2) is 48.0 Å². The van der Waals surface area contributed by atoms with Crippen molar-refractivity contribution in [2.75, 3.05) is 27.2 Å². The maximum absolute atomic E-state index is 11.5. The molecule has 0 saturated carbocycles. The lowest BCUT2D eigenvalue weighted by atomic mass is 10.3. The second-order valence-corrected chi connectivity index (χ2v) is 3.58. The monoisotopic (exact) mass is 208 g/mol. The fraction of sp³-hybridized carbons (Fsp3) is 0.500. The molecule has 1 rings (SSSR count). The molecule has 0 aliphatic rings. The molecular weight excluding hydrogens is 192 g/mol. The van der Waals surface area contributed by atoms with Gasteiger partial charge in [0.1, 0.15) is 5.82 Å². The van der Waals surface area contributed by atoms with Crippen LogP contribution in [0.1, 0.15) is 16.2 Å². The van der Waals surface area contributed by atoms with Crippen molar-refractivity contribution in [1.82, 2.24) is 20.2 Å². The molecule has 0 aliphatic heterocycles. The molecule has 15 heavy (non-hydrogen) atoms. The summed E-state index contributed by atoms with van der Waals surface area (Å²) in [5.74, 6) is 0.539. The van der Waals surface area contributed by atoms with Gasteiger partial charge in [0.05, 0.1) is 5.56 Å². The quantitative estimate of drug-likeness (QED) is 0.761. The Morgan fingerprint density at radius 1 is 1.40 bits per heavy atom. The van der Waals surface area contributed by atoms with Crippen molar-refractivity contribution in [1.29, 1.82) is 0 Å². The Morgan fingerprint density at radius 3 is 2.53 bits per heavy atom. The van der Waals surface area contributed by atoms with Crippen LogP contribution in [0.2, 0.25) is 0 Å². The van der Waals surface area contributed by atoms with E-state index < -0.39 is 0 Å². The first kappa shape index (κ1) is 11.6. The Morgan fingerprint density at radius 2 is 2.00 bits per heavy atom. The number of hydrogen-bond acceptors (Lipinski definition) is 4. The van der Waals surface area contributed by atoms with Gasteiger partial charge in [-0.1, -0.05) is 0 Å². The van der Waals surface area contributed by atoms with E-state index in [1.165, 1.54) is 12.4 Å². The highest BCUT2D eigenvalue weighted by molar-refractivity contribution is 5.93. The maximum Gasteiger partial charge on any atom is 0.254 e. The van der Waals surface area contributed by atoms with Gasteiger partial charge in [-0.15, -0.1) is 0 Å². The summed E-state index contributed by atoms with van der Waals surface area (Å²) in [5, 5.41) is 2.79. The number of amides is 1. The van der Waals surface area contributed by atoms with Gasteiger partial charge < -0.3 is 10.2 Å². The standard InChI is InChI=1S/C10H16N4O/c1-8-12-6-9(7-13-8)10(15)11-4-5-14(2)3/h6-7H,4-5H2,1-3H3,(H,11,15). The van der Waals surface area contributed by atoms with Crippen molar-refractivity contribution in [3.63, 3.8) is 0 Å². The minimum atomic E-state index is -0.128. The van der Waals surface area contributed by atoms with E-state index in [1.54, 1.807) is 6.92 Å². The number of nitrogens with zero attached hydrogens (tertiary/aromatic N) is 3. The molecular formula is C10H16N4O. The summed E-state index contributed by atoms with van der Waals surface area (Å²) in [6.45, 7) is 3.23. The van der Waals surface area contributed by atoms with E-state index in [4.69, 9.17) is 0 Å². The minimum Gasteiger partial charge on any atom is -0.351 e. The summed E-state index contributed by atoms with van der Waals surface area (Å²) >= 11 is 0. The van der Waals surface area contributed by atoms with Gasteiger partial charge in [0.2, 0.25) is 0 Å². The Kier molecular flexibility index (Phi) is 4.17. The third-order valence-electron chi connectivity index (χ3n) is 1.89. The largest absolute Gasteiger partial charge is 0.351 e. The van der Waals surface area contributed by atoms with Gasteiger partial charge in [0.15, 0.2) is 0 Å². The topological polar surface area (TPSA) is 58.1 Å². The zero-order valence-electron chi connectivity index (χ0n) is 9.32. The minimum absolute atomic E-state index is 0.128. The molecule has 1 aromatic rings. The first-order valence-electron chi connectivity index (χ1n) is 4.81. The van der Waals surface area contributed by atoms with Gasteiger partial charge in [-0.25, -0.2) is 9.97 Å². The van der Waals surface area contributed by atoms with Crippen LogP contribution in [0, 0.1) is 6.92 Å². The molecule has 0 unspecified atom stereocenters. The molecule has 1 heterocycles. The molecule has 1 N–H and O–H groups in total. The second-order valence-electron chi connectivity index (χ2n) is 3.58. The molecule has 5 heteroatoms. The van der Waals surface area contributed by atoms with Crippen molar-refractivity contribution < 1.29 is 4.79 Å². The summed E-state index contributed by atoms with van der Waals surface area (Å²) in [4.78, 5) is 21.5. The normalized spacial score (nSPS) is 10.4. The third kappa shape index (κ3) is 4.03. The second kappa shape index (κ2) is 5.41. The Balaban J connectivity index is 2.43. The molecule has 1 amide bonds. The van der Waals surface area contributed by atoms with Crippen molar-refractivity contribution in [3.8, 4) is 0 Å². The van der Waals surface area contributed by atoms with Gasteiger partial charge in [-0.05, 0) is 21.0 Å². The molecule has 0 spiro atoms. The molecule has 0 saturated heterocycles. The highest BCUT2D eigenvalue weighted by atomic mass is 16.1. The van der Waals surface area contributed by atoms with Gasteiger partial charge in [-0.3, -0.25) is 4.79 Å². The fourth-order valence-electron chi connectivity index (χ4n) is 1.00. The summed E-state index contributed by atoms with van der Waals surface area (Å²) in [6, 6.07) is 0. The van der Waals surface area contributed by atoms with Crippen LogP contribution in [0.3, 0.4) is 0 Å². The first-order valence-corrected chi connectivity index (χ1v) is 4.81. The summed E-state index contributed by atoms with van der Waals surface area (Å²) in [6.07, 6.45) is 3.07. The van der Waals surface area contributed by atoms with E-state index in [0.29, 0.717) is 17.9 Å². The number of nitrogens with one attached hydrogen (secondary N) is 1. The molecule has 0 fully saturated rings. The highest BCUT2D eigenvalue weighted by Crippen LogP contribution is 1.94. The van der Waals surface area contributed by atoms with Crippen LogP contribution in [0.15, 0.2) is 12.4 Å². The molecule has 0 radical (unpaired) electrons. The number of carbonyl (C=O) groups excluding carboxylic acids is 1. The van der Waals surface area contributed by atoms with E-state index in [-0.39, 0.29) is 5.91 Å². The van der Waals surface area contributed by atoms with Crippen LogP contribution in [0.5, 0.6) is 0 Å². The van der Waals surface area contributed by atoms with Crippen molar-refractivity contribution in [2.24, 2.45) is 0 Å². The average molecular weight is 208 g/mol. The van der Waals surface area contributed by atoms with E-state index in [1.807, 2.05) is 19.0 Å². The number of likely N-dealkylation sites (N-methyl/N-ethyl adjacent to an activating group) is 1. The van der Waals surface area contributed by atoms with Crippen LogP contribution < -0.4 is 5.32 Å². The Hall–Kier alpha value is -1.49. The van der Waals surface area contributed by atoms with E-state index in [9.17, 15) is 4.79 Å². The summed E-state index contributed by atoms with van der Waals surface area (Å²) < 4.78 is 0. The van der Waals surface area contributed by atoms with Crippen LogP contribution in [-0.2, 0) is 0 Å². The molecule has 82 valence electrons. The van der Waals surface area contributed by atoms with Crippen molar-refractivity contribution in [3.05, 3.63) is 23.8 Å². The molecule has 0 aromatic carbocycles. The molecule has 0 atom stereocenters. The van der Waals surface area contributed by atoms with Gasteiger partial charge >= 0.3 is 0 Å². The predicted molar refractivity (Wildman–Crippen MR) is 57.7 cm³/mol. The van der Waals surface area contributed by atoms with Gasteiger partial charge in [0, 0.05) is 25.5 Å². The lowest BCUT2D eigenvalue weighted by molar-refractivity contribution is 0.0950. The molecule has 1 aromatic heterocycles. The van der Waals surface area contributed by atoms with Crippen molar-refractivity contribution >= 4 is 5.91 Å². The zero-order chi connectivity index (χ0) is 11.3. The van der Waals surface area contributed by atoms with Gasteiger partial charge in [-0.2, -0.15) is 0 Å². The number of carbonyl (C=O) groups is 1. The first-order chi connectivity index (χ1) is 7.09. The summed E-state index contributed by atoms with van der Waals surface area (Å²) in [7, 11) is 3.92. The Bertz CT molecular complexity index is 321. The van der Waals surface area contributed by atoms with E-state index in [0.717, 1.165) is 6.54 Å². The predicted octanol–water partition coefficient (Wildman–Crippen LogP) is 0.0764. The van der Waals surface area contributed by atoms with Crippen LogP contribution in [0.25, 0.3) is 0 Å². The zero-order valence-corrected chi connectivity index (χ0v) is 9.32. The number of aromatic nitrogens is 2. The van der Waals surface area contributed by atoms with Crippen molar-refractivity contribution in [2.45, 2.75) is 6.92 Å². The molecule has 0 bridgehead atoms. The lowest BCUT2D eigenvalue weighted by Crippen LogP contribution is -2.31. The highest BCUT2D eigenvalue weighted by Gasteiger charge is 2.05. The number of rotatable bonds is 4. The SMILES string of the molecule is Cc1ncc(C(=O)NCCN(C)C)cn1. The average Bonchev–Trinajstić information content (AvgIpc) is 2.18. The Labute approximate surface area is 89.5 Å². The smallest absolute Gasteiger partial charge is 0.254 e. The fourth-order valence-corrected chi connectivity index (χ4v) is 1.00. The molecule has 5 nitrogen and oxygen atoms in total. The van der Waals surface area contributed by atoms with Crippen LogP contribution in [0.4, 0.5) is 0 Å². The van der Waals surface area contributed by atoms with E-state index >= 15 is 0 Å². The number of aryl methyl sites for hydroxylation is 1.